The number of morpholine rings is 1. The van der Waals surface area contributed by atoms with Gasteiger partial charge in [0.25, 0.3) is 0 Å². The minimum absolute atomic E-state index is 0. The first-order valence-electron chi connectivity index (χ1n) is 9.37. The van der Waals surface area contributed by atoms with Crippen molar-refractivity contribution >= 4 is 30.7 Å². The third-order valence-electron chi connectivity index (χ3n) is 5.35. The lowest BCUT2D eigenvalue weighted by atomic mass is 9.71. The highest BCUT2D eigenvalue weighted by Crippen LogP contribution is 2.38. The summed E-state index contributed by atoms with van der Waals surface area (Å²) < 4.78 is 5.75. The number of halogens is 2. The molecule has 0 aromatic rings. The van der Waals surface area contributed by atoms with Crippen LogP contribution in [0.3, 0.4) is 0 Å². The molecule has 1 heterocycles. The molecule has 1 aliphatic carbocycles. The van der Waals surface area contributed by atoms with Gasteiger partial charge in [0.15, 0.2) is 0 Å². The van der Waals surface area contributed by atoms with Crippen molar-refractivity contribution in [2.24, 2.45) is 11.1 Å². The highest BCUT2D eigenvalue weighted by molar-refractivity contribution is 5.85. The molecule has 25 heavy (non-hydrogen) atoms. The van der Waals surface area contributed by atoms with E-state index in [1.54, 1.807) is 0 Å². The zero-order chi connectivity index (χ0) is 16.7. The fraction of sp³-hybridized carbons (Fsp3) is 0.944. The van der Waals surface area contributed by atoms with Crippen LogP contribution in [0.5, 0.6) is 0 Å². The number of nitrogens with one attached hydrogen (secondary N) is 1. The minimum atomic E-state index is 0. The first-order chi connectivity index (χ1) is 11.0. The van der Waals surface area contributed by atoms with Gasteiger partial charge in [-0.2, -0.15) is 0 Å². The van der Waals surface area contributed by atoms with Gasteiger partial charge in [0.2, 0.25) is 5.91 Å². The van der Waals surface area contributed by atoms with Crippen LogP contribution in [0, 0.1) is 5.41 Å². The number of carbonyl (C=O) groups is 1. The highest BCUT2D eigenvalue weighted by Gasteiger charge is 2.32. The van der Waals surface area contributed by atoms with E-state index in [1.165, 1.54) is 19.3 Å². The topological polar surface area (TPSA) is 67.6 Å². The number of rotatable bonds is 7. The minimum Gasteiger partial charge on any atom is -0.373 e. The van der Waals surface area contributed by atoms with Gasteiger partial charge in [0.1, 0.15) is 0 Å². The number of carbonyl (C=O) groups excluding carboxylic acids is 1. The molecular formula is C18H37Cl2N3O2. The Morgan fingerprint density at radius 1 is 1.16 bits per heavy atom. The van der Waals surface area contributed by atoms with Gasteiger partial charge in [0.05, 0.1) is 12.2 Å². The second kappa shape index (κ2) is 12.3. The Hall–Kier alpha value is -0.0700. The van der Waals surface area contributed by atoms with Crippen molar-refractivity contribution in [3.05, 3.63) is 0 Å². The standard InChI is InChI=1S/C18H35N3O2.2ClH/c1-15-12-21(13-16(2)23-15)10-6-9-20-17(22)11-18(14-19)7-4-3-5-8-18;;/h15-16H,3-14,19H2,1-2H3,(H,20,22);2*1H. The summed E-state index contributed by atoms with van der Waals surface area (Å²) in [5.41, 5.74) is 6.03. The van der Waals surface area contributed by atoms with Gasteiger partial charge in [-0.15, -0.1) is 24.8 Å². The van der Waals surface area contributed by atoms with E-state index in [0.29, 0.717) is 25.2 Å². The monoisotopic (exact) mass is 397 g/mol. The lowest BCUT2D eigenvalue weighted by Crippen LogP contribution is -2.46. The van der Waals surface area contributed by atoms with Gasteiger partial charge >= 0.3 is 0 Å². The van der Waals surface area contributed by atoms with Crippen molar-refractivity contribution in [2.45, 2.75) is 71.0 Å². The first-order valence-corrected chi connectivity index (χ1v) is 9.37. The van der Waals surface area contributed by atoms with Crippen molar-refractivity contribution in [3.63, 3.8) is 0 Å². The molecule has 3 N–H and O–H groups in total. The predicted molar refractivity (Wildman–Crippen MR) is 108 cm³/mol. The summed E-state index contributed by atoms with van der Waals surface area (Å²) in [6, 6.07) is 0. The number of ether oxygens (including phenoxy) is 1. The molecule has 0 aromatic heterocycles. The van der Waals surface area contributed by atoms with E-state index < -0.39 is 0 Å². The van der Waals surface area contributed by atoms with Crippen LogP contribution < -0.4 is 11.1 Å². The Morgan fingerprint density at radius 2 is 1.76 bits per heavy atom. The molecule has 1 saturated carbocycles. The molecule has 0 radical (unpaired) electrons. The Morgan fingerprint density at radius 3 is 2.32 bits per heavy atom. The van der Waals surface area contributed by atoms with Gasteiger partial charge < -0.3 is 15.8 Å². The summed E-state index contributed by atoms with van der Waals surface area (Å²) in [5.74, 6) is 0.182. The van der Waals surface area contributed by atoms with E-state index in [4.69, 9.17) is 10.5 Å². The fourth-order valence-electron chi connectivity index (χ4n) is 4.16. The van der Waals surface area contributed by atoms with Crippen LogP contribution in [0.25, 0.3) is 0 Å². The number of hydrogen-bond donors (Lipinski definition) is 2. The molecular weight excluding hydrogens is 361 g/mol. The van der Waals surface area contributed by atoms with E-state index in [9.17, 15) is 4.79 Å². The van der Waals surface area contributed by atoms with Crippen molar-refractivity contribution in [1.29, 1.82) is 0 Å². The molecule has 2 atom stereocenters. The van der Waals surface area contributed by atoms with Crippen LogP contribution in [0.15, 0.2) is 0 Å². The van der Waals surface area contributed by atoms with Gasteiger partial charge in [0, 0.05) is 32.6 Å². The zero-order valence-corrected chi connectivity index (χ0v) is 17.4. The largest absolute Gasteiger partial charge is 0.373 e. The van der Waals surface area contributed by atoms with E-state index >= 15 is 0 Å². The van der Waals surface area contributed by atoms with Crippen molar-refractivity contribution in [1.82, 2.24) is 10.2 Å². The average Bonchev–Trinajstić information content (AvgIpc) is 2.51. The molecule has 0 spiro atoms. The number of nitrogens with zero attached hydrogens (tertiary/aromatic N) is 1. The van der Waals surface area contributed by atoms with Crippen LogP contribution in [0.2, 0.25) is 0 Å². The normalized spacial score (nSPS) is 26.2. The lowest BCUT2D eigenvalue weighted by molar-refractivity contribution is -0.123. The summed E-state index contributed by atoms with van der Waals surface area (Å²) in [5, 5.41) is 3.10. The van der Waals surface area contributed by atoms with Gasteiger partial charge in [-0.3, -0.25) is 9.69 Å². The quantitative estimate of drug-likeness (QED) is 0.647. The molecule has 2 unspecified atom stereocenters. The third kappa shape index (κ3) is 8.44. The van der Waals surface area contributed by atoms with E-state index in [1.807, 2.05) is 0 Å². The van der Waals surface area contributed by atoms with Crippen LogP contribution >= 0.6 is 24.8 Å². The maximum atomic E-state index is 12.2. The molecule has 7 heteroatoms. The number of hydrogen-bond acceptors (Lipinski definition) is 4. The smallest absolute Gasteiger partial charge is 0.220 e. The van der Waals surface area contributed by atoms with Crippen molar-refractivity contribution < 1.29 is 9.53 Å². The number of nitrogens with two attached hydrogens (primary N) is 1. The molecule has 1 amide bonds. The SMILES string of the molecule is CC1CN(CCCNC(=O)CC2(CN)CCCCC2)CC(C)O1.Cl.Cl. The molecule has 2 aliphatic rings. The maximum Gasteiger partial charge on any atom is 0.220 e. The van der Waals surface area contributed by atoms with Gasteiger partial charge in [-0.05, 0) is 45.1 Å². The van der Waals surface area contributed by atoms with Crippen LogP contribution in [-0.4, -0.2) is 55.7 Å². The molecule has 2 fully saturated rings. The first kappa shape index (κ1) is 24.9. The van der Waals surface area contributed by atoms with Crippen LogP contribution in [0.4, 0.5) is 0 Å². The summed E-state index contributed by atoms with van der Waals surface area (Å²) >= 11 is 0. The summed E-state index contributed by atoms with van der Waals surface area (Å²) in [6.07, 6.45) is 8.18. The van der Waals surface area contributed by atoms with Crippen molar-refractivity contribution in [2.75, 3.05) is 32.7 Å². The zero-order valence-electron chi connectivity index (χ0n) is 15.8. The molecule has 0 aromatic carbocycles. The van der Waals surface area contributed by atoms with Crippen molar-refractivity contribution in [3.8, 4) is 0 Å². The Labute approximate surface area is 165 Å². The molecule has 5 nitrogen and oxygen atoms in total. The highest BCUT2D eigenvalue weighted by atomic mass is 35.5. The maximum absolute atomic E-state index is 12.2. The molecule has 1 saturated heterocycles. The second-order valence-electron chi connectivity index (χ2n) is 7.66. The van der Waals surface area contributed by atoms with Gasteiger partial charge in [-0.1, -0.05) is 19.3 Å². The molecule has 1 aliphatic heterocycles. The fourth-order valence-corrected chi connectivity index (χ4v) is 4.16. The third-order valence-corrected chi connectivity index (χ3v) is 5.35. The Kier molecular flexibility index (Phi) is 12.3. The molecule has 0 bridgehead atoms. The van der Waals surface area contributed by atoms with E-state index in [2.05, 4.69) is 24.1 Å². The van der Waals surface area contributed by atoms with E-state index in [0.717, 1.165) is 45.4 Å². The lowest BCUT2D eigenvalue weighted by Gasteiger charge is -2.36. The molecule has 150 valence electrons. The Bertz CT molecular complexity index is 369. The van der Waals surface area contributed by atoms with Crippen LogP contribution in [0.1, 0.15) is 58.8 Å². The number of amides is 1. The predicted octanol–water partition coefficient (Wildman–Crippen LogP) is 2.74. The van der Waals surface area contributed by atoms with Crippen LogP contribution in [-0.2, 0) is 9.53 Å². The van der Waals surface area contributed by atoms with Gasteiger partial charge in [-0.25, -0.2) is 0 Å². The Balaban J connectivity index is 0.00000288. The second-order valence-corrected chi connectivity index (χ2v) is 7.66. The summed E-state index contributed by atoms with van der Waals surface area (Å²) in [6.45, 7) is 8.68. The summed E-state index contributed by atoms with van der Waals surface area (Å²) in [4.78, 5) is 14.7. The average molecular weight is 398 g/mol. The summed E-state index contributed by atoms with van der Waals surface area (Å²) in [7, 11) is 0. The molecule has 2 rings (SSSR count). The van der Waals surface area contributed by atoms with E-state index in [-0.39, 0.29) is 36.1 Å².